The van der Waals surface area contributed by atoms with Gasteiger partial charge in [-0.15, -0.1) is 0 Å². The molecule has 2 heterocycles. The van der Waals surface area contributed by atoms with Gasteiger partial charge in [0.15, 0.2) is 5.96 Å². The number of aromatic nitrogens is 1. The van der Waals surface area contributed by atoms with Gasteiger partial charge in [0.2, 0.25) is 11.8 Å². The molecule has 0 atom stereocenters. The number of carbonyl (C=O) groups excluding carboxylic acids is 1. The summed E-state index contributed by atoms with van der Waals surface area (Å²) in [5.41, 5.74) is -0.0495. The van der Waals surface area contributed by atoms with E-state index in [0.717, 1.165) is 44.2 Å². The predicted molar refractivity (Wildman–Crippen MR) is 103 cm³/mol. The third kappa shape index (κ3) is 5.75. The van der Waals surface area contributed by atoms with Crippen molar-refractivity contribution in [2.24, 2.45) is 10.9 Å². The number of amides is 1. The Bertz CT molecular complexity index is 610. The van der Waals surface area contributed by atoms with Crippen LogP contribution < -0.4 is 10.6 Å². The van der Waals surface area contributed by atoms with E-state index in [1.54, 1.807) is 13.2 Å². The molecule has 1 saturated heterocycles. The van der Waals surface area contributed by atoms with Gasteiger partial charge in [-0.05, 0) is 25.7 Å². The second-order valence-electron chi connectivity index (χ2n) is 7.85. The lowest BCUT2D eigenvalue weighted by Crippen LogP contribution is -2.46. The maximum atomic E-state index is 11.6. The highest BCUT2D eigenvalue weighted by Crippen LogP contribution is 2.23. The van der Waals surface area contributed by atoms with Crippen LogP contribution in [0.25, 0.3) is 0 Å². The average Bonchev–Trinajstić information content (AvgIpc) is 3.08. The van der Waals surface area contributed by atoms with Crippen molar-refractivity contribution in [1.29, 1.82) is 0 Å². The van der Waals surface area contributed by atoms with E-state index in [-0.39, 0.29) is 11.3 Å². The molecule has 146 valence electrons. The van der Waals surface area contributed by atoms with Crippen LogP contribution in [-0.2, 0) is 16.8 Å². The second-order valence-corrected chi connectivity index (χ2v) is 7.85. The highest BCUT2D eigenvalue weighted by molar-refractivity contribution is 5.80. The van der Waals surface area contributed by atoms with Gasteiger partial charge in [0.05, 0.1) is 6.20 Å². The summed E-state index contributed by atoms with van der Waals surface area (Å²) in [4.78, 5) is 22.9. The third-order valence-electron chi connectivity index (χ3n) is 4.66. The largest absolute Gasteiger partial charge is 0.443 e. The number of carbonyl (C=O) groups is 1. The SMILES string of the molecule is CCNC(=NCc1ncc(C(C)(C)C)o1)N1CCC(CC(=O)NC)CC1. The van der Waals surface area contributed by atoms with Gasteiger partial charge in [0.25, 0.3) is 0 Å². The molecule has 1 aromatic heterocycles. The van der Waals surface area contributed by atoms with E-state index < -0.39 is 0 Å². The quantitative estimate of drug-likeness (QED) is 0.619. The van der Waals surface area contributed by atoms with Crippen molar-refractivity contribution in [1.82, 2.24) is 20.5 Å². The van der Waals surface area contributed by atoms with E-state index in [1.807, 2.05) is 0 Å². The Morgan fingerprint density at radius 3 is 2.62 bits per heavy atom. The standard InChI is InChI=1S/C19H33N5O2/c1-6-21-18(23-13-17-22-12-15(26-17)19(2,3)4)24-9-7-14(8-10-24)11-16(25)20-5/h12,14H,6-11,13H2,1-5H3,(H,20,25)(H,21,23). The number of nitrogens with zero attached hydrogens (tertiary/aromatic N) is 3. The lowest BCUT2D eigenvalue weighted by atomic mass is 9.93. The van der Waals surface area contributed by atoms with Crippen LogP contribution in [-0.4, -0.2) is 48.4 Å². The number of aliphatic imine (C=N–C) groups is 1. The molecule has 1 amide bonds. The summed E-state index contributed by atoms with van der Waals surface area (Å²) in [5, 5.41) is 6.07. The number of guanidine groups is 1. The average molecular weight is 364 g/mol. The molecule has 26 heavy (non-hydrogen) atoms. The predicted octanol–water partition coefficient (Wildman–Crippen LogP) is 2.29. The van der Waals surface area contributed by atoms with Crippen molar-refractivity contribution in [3.05, 3.63) is 17.8 Å². The van der Waals surface area contributed by atoms with E-state index in [4.69, 9.17) is 9.41 Å². The van der Waals surface area contributed by atoms with Crippen molar-refractivity contribution >= 4 is 11.9 Å². The van der Waals surface area contributed by atoms with Crippen LogP contribution in [0, 0.1) is 5.92 Å². The molecule has 1 aliphatic rings. The topological polar surface area (TPSA) is 82.8 Å². The molecule has 2 N–H and O–H groups in total. The van der Waals surface area contributed by atoms with Crippen LogP contribution in [0.1, 0.15) is 58.6 Å². The highest BCUT2D eigenvalue weighted by Gasteiger charge is 2.23. The van der Waals surface area contributed by atoms with Crippen LogP contribution in [0.3, 0.4) is 0 Å². The molecule has 0 spiro atoms. The molecule has 7 nitrogen and oxygen atoms in total. The van der Waals surface area contributed by atoms with Crippen molar-refractivity contribution < 1.29 is 9.21 Å². The number of nitrogens with one attached hydrogen (secondary N) is 2. The number of hydrogen-bond donors (Lipinski definition) is 2. The normalized spacial score (nSPS) is 16.7. The van der Waals surface area contributed by atoms with E-state index in [1.165, 1.54) is 0 Å². The van der Waals surface area contributed by atoms with Crippen LogP contribution >= 0.6 is 0 Å². The molecule has 2 rings (SSSR count). The summed E-state index contributed by atoms with van der Waals surface area (Å²) in [6, 6.07) is 0. The smallest absolute Gasteiger partial charge is 0.220 e. The lowest BCUT2D eigenvalue weighted by Gasteiger charge is -2.34. The number of likely N-dealkylation sites (tertiary alicyclic amines) is 1. The van der Waals surface area contributed by atoms with Crippen molar-refractivity contribution in [3.8, 4) is 0 Å². The molecule has 0 aromatic carbocycles. The molecule has 7 heteroatoms. The molecule has 0 bridgehead atoms. The number of hydrogen-bond acceptors (Lipinski definition) is 4. The van der Waals surface area contributed by atoms with E-state index >= 15 is 0 Å². The minimum absolute atomic E-state index is 0.0495. The number of rotatable bonds is 5. The van der Waals surface area contributed by atoms with Gasteiger partial charge in [0.1, 0.15) is 12.3 Å². The van der Waals surface area contributed by atoms with Crippen LogP contribution in [0.2, 0.25) is 0 Å². The van der Waals surface area contributed by atoms with Gasteiger partial charge in [0, 0.05) is 38.5 Å². The van der Waals surface area contributed by atoms with Gasteiger partial charge >= 0.3 is 0 Å². The number of piperidine rings is 1. The van der Waals surface area contributed by atoms with Crippen LogP contribution in [0.15, 0.2) is 15.6 Å². The summed E-state index contributed by atoms with van der Waals surface area (Å²) in [6.07, 6.45) is 4.42. The Labute approximate surface area is 156 Å². The van der Waals surface area contributed by atoms with Gasteiger partial charge in [-0.2, -0.15) is 0 Å². The Hall–Kier alpha value is -2.05. The van der Waals surface area contributed by atoms with Crippen LogP contribution in [0.4, 0.5) is 0 Å². The molecule has 0 saturated carbocycles. The summed E-state index contributed by atoms with van der Waals surface area (Å²) in [5.74, 6) is 2.99. The second kappa shape index (κ2) is 9.05. The summed E-state index contributed by atoms with van der Waals surface area (Å²) < 4.78 is 5.83. The first-order valence-electron chi connectivity index (χ1n) is 9.52. The first-order chi connectivity index (χ1) is 12.3. The Morgan fingerprint density at radius 2 is 2.08 bits per heavy atom. The Morgan fingerprint density at radius 1 is 1.38 bits per heavy atom. The summed E-state index contributed by atoms with van der Waals surface area (Å²) >= 11 is 0. The van der Waals surface area contributed by atoms with Gasteiger partial charge in [-0.3, -0.25) is 4.79 Å². The monoisotopic (exact) mass is 363 g/mol. The Balaban J connectivity index is 1.95. The molecule has 1 aromatic rings. The minimum Gasteiger partial charge on any atom is -0.443 e. The zero-order chi connectivity index (χ0) is 19.2. The van der Waals surface area contributed by atoms with Gasteiger partial charge in [-0.25, -0.2) is 9.98 Å². The molecular weight excluding hydrogens is 330 g/mol. The molecule has 0 radical (unpaired) electrons. The van der Waals surface area contributed by atoms with Gasteiger partial charge in [-0.1, -0.05) is 20.8 Å². The maximum Gasteiger partial charge on any atom is 0.220 e. The molecule has 1 fully saturated rings. The molecule has 1 aliphatic heterocycles. The zero-order valence-electron chi connectivity index (χ0n) is 16.8. The molecule has 0 unspecified atom stereocenters. The van der Waals surface area contributed by atoms with Gasteiger partial charge < -0.3 is 20.0 Å². The fraction of sp³-hybridized carbons (Fsp3) is 0.737. The molecular formula is C19H33N5O2. The van der Waals surface area contributed by atoms with Crippen molar-refractivity contribution in [2.45, 2.75) is 58.9 Å². The van der Waals surface area contributed by atoms with E-state index in [0.29, 0.717) is 24.8 Å². The molecule has 0 aliphatic carbocycles. The number of oxazole rings is 1. The van der Waals surface area contributed by atoms with Crippen molar-refractivity contribution in [3.63, 3.8) is 0 Å². The Kier molecular flexibility index (Phi) is 7.06. The minimum atomic E-state index is -0.0495. The zero-order valence-corrected chi connectivity index (χ0v) is 16.8. The fourth-order valence-electron chi connectivity index (χ4n) is 3.01. The summed E-state index contributed by atoms with van der Waals surface area (Å²) in [6.45, 7) is 11.4. The highest BCUT2D eigenvalue weighted by atomic mass is 16.4. The maximum absolute atomic E-state index is 11.6. The third-order valence-corrected chi connectivity index (χ3v) is 4.66. The van der Waals surface area contributed by atoms with Crippen molar-refractivity contribution in [2.75, 3.05) is 26.7 Å². The summed E-state index contributed by atoms with van der Waals surface area (Å²) in [7, 11) is 1.70. The first kappa shape index (κ1) is 20.3. The fourth-order valence-corrected chi connectivity index (χ4v) is 3.01. The van der Waals surface area contributed by atoms with E-state index in [9.17, 15) is 4.79 Å². The van der Waals surface area contributed by atoms with Crippen LogP contribution in [0.5, 0.6) is 0 Å². The lowest BCUT2D eigenvalue weighted by molar-refractivity contribution is -0.121. The van der Waals surface area contributed by atoms with E-state index in [2.05, 4.69) is 48.2 Å². The first-order valence-corrected chi connectivity index (χ1v) is 9.52.